The number of hydrogen-bond donors (Lipinski definition) is 0. The smallest absolute Gasteiger partial charge is 0.308 e. The molecule has 0 aliphatic carbocycles. The van der Waals surface area contributed by atoms with E-state index < -0.39 is 5.97 Å². The van der Waals surface area contributed by atoms with Crippen molar-refractivity contribution >= 4 is 45.1 Å². The zero-order valence-electron chi connectivity index (χ0n) is 16.8. The molecule has 0 fully saturated rings. The Balaban J connectivity index is 1.45. The number of hydrogen-bond acceptors (Lipinski definition) is 7. The van der Waals surface area contributed by atoms with E-state index in [2.05, 4.69) is 4.98 Å². The van der Waals surface area contributed by atoms with E-state index in [0.717, 1.165) is 11.1 Å². The Bertz CT molecular complexity index is 1320. The maximum atomic E-state index is 12.7. The number of carbonyl (C=O) groups excluding carboxylic acids is 2. The molecule has 0 saturated heterocycles. The van der Waals surface area contributed by atoms with Gasteiger partial charge in [0.1, 0.15) is 10.4 Å². The predicted octanol–water partition coefficient (Wildman–Crippen LogP) is 4.44. The fourth-order valence-corrected chi connectivity index (χ4v) is 4.74. The summed E-state index contributed by atoms with van der Waals surface area (Å²) in [6.45, 7) is 1.33. The van der Waals surface area contributed by atoms with Crippen LogP contribution in [0.3, 0.4) is 0 Å². The first-order chi connectivity index (χ1) is 14.9. The van der Waals surface area contributed by atoms with Gasteiger partial charge in [0, 0.05) is 30.9 Å². The number of nitrogens with zero attached hydrogens (tertiary/aromatic N) is 2. The molecule has 4 rings (SSSR count). The third kappa shape index (κ3) is 4.60. The molecule has 0 unspecified atom stereocenters. The first-order valence-corrected chi connectivity index (χ1v) is 11.3. The summed E-state index contributed by atoms with van der Waals surface area (Å²) in [4.78, 5) is 40.7. The first kappa shape index (κ1) is 21.0. The normalized spacial score (nSPS) is 10.9. The van der Waals surface area contributed by atoms with Gasteiger partial charge in [0.25, 0.3) is 5.56 Å². The minimum absolute atomic E-state index is 0.0387. The summed E-state index contributed by atoms with van der Waals surface area (Å²) in [6.07, 6.45) is 0. The van der Waals surface area contributed by atoms with Crippen LogP contribution in [-0.4, -0.2) is 21.3 Å². The molecule has 0 aliphatic rings. The van der Waals surface area contributed by atoms with Crippen molar-refractivity contribution in [2.24, 2.45) is 7.05 Å². The molecule has 31 heavy (non-hydrogen) atoms. The summed E-state index contributed by atoms with van der Waals surface area (Å²) in [6, 6.07) is 15.7. The second-order valence-electron chi connectivity index (χ2n) is 6.83. The molecule has 0 aliphatic heterocycles. The number of fused-ring (bicyclic) bond motifs is 1. The van der Waals surface area contributed by atoms with Crippen LogP contribution in [-0.2, 0) is 17.6 Å². The number of ketones is 1. The third-order valence-electron chi connectivity index (χ3n) is 4.61. The lowest BCUT2D eigenvalue weighted by molar-refractivity contribution is -0.131. The van der Waals surface area contributed by atoms with Crippen LogP contribution in [0.1, 0.15) is 28.4 Å². The van der Waals surface area contributed by atoms with Gasteiger partial charge in [-0.25, -0.2) is 4.98 Å². The van der Waals surface area contributed by atoms with Crippen molar-refractivity contribution in [1.29, 1.82) is 0 Å². The largest absolute Gasteiger partial charge is 0.427 e. The Hall–Kier alpha value is -3.23. The Kier molecular flexibility index (Phi) is 6.01. The summed E-state index contributed by atoms with van der Waals surface area (Å²) in [7, 11) is 1.73. The minimum atomic E-state index is -0.405. The molecule has 156 valence electrons. The zero-order valence-corrected chi connectivity index (χ0v) is 18.5. The Morgan fingerprint density at radius 2 is 1.68 bits per heavy atom. The molecule has 4 aromatic rings. The van der Waals surface area contributed by atoms with Crippen molar-refractivity contribution in [3.05, 3.63) is 87.0 Å². The topological polar surface area (TPSA) is 78.3 Å². The lowest BCUT2D eigenvalue weighted by Crippen LogP contribution is -2.18. The van der Waals surface area contributed by atoms with E-state index >= 15 is 0 Å². The van der Waals surface area contributed by atoms with Gasteiger partial charge in [-0.3, -0.25) is 19.0 Å². The molecule has 8 heteroatoms. The van der Waals surface area contributed by atoms with E-state index in [4.69, 9.17) is 4.74 Å². The van der Waals surface area contributed by atoms with Crippen LogP contribution in [0, 0.1) is 0 Å². The Labute approximate surface area is 186 Å². The zero-order chi connectivity index (χ0) is 22.0. The van der Waals surface area contributed by atoms with Crippen molar-refractivity contribution in [2.45, 2.75) is 17.8 Å². The summed E-state index contributed by atoms with van der Waals surface area (Å²) in [5.74, 6) is 0.514. The third-order valence-corrected chi connectivity index (χ3v) is 6.60. The van der Waals surface area contributed by atoms with Gasteiger partial charge < -0.3 is 4.74 Å². The fraction of sp³-hybridized carbons (Fsp3) is 0.130. The van der Waals surface area contributed by atoms with Crippen molar-refractivity contribution < 1.29 is 14.3 Å². The maximum absolute atomic E-state index is 12.7. The lowest BCUT2D eigenvalue weighted by atomic mass is 10.0. The molecule has 0 radical (unpaired) electrons. The quantitative estimate of drug-likeness (QED) is 0.142. The summed E-state index contributed by atoms with van der Waals surface area (Å²) in [5.41, 5.74) is 2.78. The standard InChI is InChI=1S/C23H18N2O4S2/c1-14(26)29-18-9-7-17(8-10-18)20(27)16-5-3-15(4-6-16)13-31-23-24-19-11-12-30-21(19)22(28)25(23)2/h3-12H,13H2,1-2H3. The van der Waals surface area contributed by atoms with Gasteiger partial charge in [-0.1, -0.05) is 36.0 Å². The molecule has 0 bridgehead atoms. The van der Waals surface area contributed by atoms with Gasteiger partial charge in [-0.15, -0.1) is 11.3 Å². The van der Waals surface area contributed by atoms with E-state index in [0.29, 0.717) is 32.5 Å². The molecule has 2 aromatic heterocycles. The van der Waals surface area contributed by atoms with Gasteiger partial charge in [0.2, 0.25) is 0 Å². The average Bonchev–Trinajstić information content (AvgIpc) is 3.24. The highest BCUT2D eigenvalue weighted by atomic mass is 32.2. The molecular weight excluding hydrogens is 432 g/mol. The van der Waals surface area contributed by atoms with E-state index in [9.17, 15) is 14.4 Å². The minimum Gasteiger partial charge on any atom is -0.427 e. The number of thiophene rings is 1. The average molecular weight is 451 g/mol. The van der Waals surface area contributed by atoms with E-state index in [1.165, 1.54) is 30.0 Å². The van der Waals surface area contributed by atoms with Crippen LogP contribution in [0.4, 0.5) is 0 Å². The molecule has 0 N–H and O–H groups in total. The molecule has 2 aromatic carbocycles. The molecule has 0 amide bonds. The fourth-order valence-electron chi connectivity index (χ4n) is 3.00. The second-order valence-corrected chi connectivity index (χ2v) is 8.68. The van der Waals surface area contributed by atoms with Gasteiger partial charge in [-0.2, -0.15) is 0 Å². The van der Waals surface area contributed by atoms with Gasteiger partial charge in [0.15, 0.2) is 10.9 Å². The highest BCUT2D eigenvalue weighted by Crippen LogP contribution is 2.24. The summed E-state index contributed by atoms with van der Waals surface area (Å²) < 4.78 is 7.22. The Morgan fingerprint density at radius 3 is 2.32 bits per heavy atom. The van der Waals surface area contributed by atoms with Crippen LogP contribution in [0.25, 0.3) is 10.2 Å². The van der Waals surface area contributed by atoms with Crippen LogP contribution >= 0.6 is 23.1 Å². The summed E-state index contributed by atoms with van der Waals surface area (Å²) >= 11 is 2.88. The maximum Gasteiger partial charge on any atom is 0.308 e. The number of rotatable bonds is 6. The van der Waals surface area contributed by atoms with Crippen LogP contribution < -0.4 is 10.3 Å². The number of thioether (sulfide) groups is 1. The Morgan fingerprint density at radius 1 is 1.03 bits per heavy atom. The number of benzene rings is 2. The molecule has 6 nitrogen and oxygen atoms in total. The van der Waals surface area contributed by atoms with E-state index in [1.54, 1.807) is 48.0 Å². The molecular formula is C23H18N2O4S2. The molecule has 0 spiro atoms. The molecule has 0 atom stereocenters. The van der Waals surface area contributed by atoms with Crippen molar-refractivity contribution in [3.63, 3.8) is 0 Å². The number of aromatic nitrogens is 2. The van der Waals surface area contributed by atoms with Gasteiger partial charge >= 0.3 is 5.97 Å². The number of esters is 1. The first-order valence-electron chi connectivity index (χ1n) is 9.41. The van der Waals surface area contributed by atoms with Crippen LogP contribution in [0.5, 0.6) is 5.75 Å². The van der Waals surface area contributed by atoms with Gasteiger partial charge in [-0.05, 0) is 41.3 Å². The van der Waals surface area contributed by atoms with Crippen molar-refractivity contribution in [3.8, 4) is 5.75 Å². The summed E-state index contributed by atoms with van der Waals surface area (Å²) in [5, 5.41) is 2.52. The SMILES string of the molecule is CC(=O)Oc1ccc(C(=O)c2ccc(CSc3nc4ccsc4c(=O)n3C)cc2)cc1. The number of carbonyl (C=O) groups is 2. The second kappa shape index (κ2) is 8.87. The van der Waals surface area contributed by atoms with Crippen molar-refractivity contribution in [1.82, 2.24) is 9.55 Å². The number of ether oxygens (including phenoxy) is 1. The lowest BCUT2D eigenvalue weighted by Gasteiger charge is -2.08. The van der Waals surface area contributed by atoms with Crippen LogP contribution in [0.15, 0.2) is 69.9 Å². The highest BCUT2D eigenvalue weighted by molar-refractivity contribution is 7.98. The van der Waals surface area contributed by atoms with E-state index in [-0.39, 0.29) is 11.3 Å². The van der Waals surface area contributed by atoms with E-state index in [1.807, 2.05) is 23.6 Å². The monoisotopic (exact) mass is 450 g/mol. The molecule has 2 heterocycles. The highest BCUT2D eigenvalue weighted by Gasteiger charge is 2.12. The predicted molar refractivity (Wildman–Crippen MR) is 122 cm³/mol. The van der Waals surface area contributed by atoms with Crippen molar-refractivity contribution in [2.75, 3.05) is 0 Å². The van der Waals surface area contributed by atoms with Crippen LogP contribution in [0.2, 0.25) is 0 Å². The molecule has 0 saturated carbocycles. The van der Waals surface area contributed by atoms with Gasteiger partial charge in [0.05, 0.1) is 5.52 Å².